The van der Waals surface area contributed by atoms with Crippen LogP contribution >= 0.6 is 47.8 Å². The van der Waals surface area contributed by atoms with Crippen molar-refractivity contribution < 1.29 is 14.3 Å². The smallest absolute Gasteiger partial charge is 0.363 e. The molecule has 0 atom stereocenters. The largest absolute Gasteiger partial charge is 0.487 e. The molecule has 0 bridgehead atoms. The lowest BCUT2D eigenvalue weighted by Gasteiger charge is -2.12. The SMILES string of the molecule is Cc1ccccc1COc1c(Br)cc(/C=C2\N=C(c3cccc(Br)c3)OC2=O)cc1Br. The Morgan fingerprint density at radius 2 is 1.74 bits per heavy atom. The van der Waals surface area contributed by atoms with Crippen LogP contribution in [0.3, 0.4) is 0 Å². The van der Waals surface area contributed by atoms with E-state index < -0.39 is 5.97 Å². The second-order valence-corrected chi connectivity index (χ2v) is 9.50. The average Bonchev–Trinajstić information content (AvgIpc) is 3.09. The normalized spacial score (nSPS) is 14.5. The van der Waals surface area contributed by atoms with Crippen molar-refractivity contribution in [1.82, 2.24) is 0 Å². The Morgan fingerprint density at radius 3 is 2.45 bits per heavy atom. The number of esters is 1. The summed E-state index contributed by atoms with van der Waals surface area (Å²) >= 11 is 10.6. The van der Waals surface area contributed by atoms with Crippen molar-refractivity contribution >= 4 is 65.7 Å². The van der Waals surface area contributed by atoms with Gasteiger partial charge in [-0.05, 0) is 91.9 Å². The van der Waals surface area contributed by atoms with E-state index in [1.54, 1.807) is 6.08 Å². The van der Waals surface area contributed by atoms with Crippen LogP contribution in [0.25, 0.3) is 6.08 Å². The van der Waals surface area contributed by atoms with E-state index in [1.807, 2.05) is 54.6 Å². The minimum absolute atomic E-state index is 0.238. The molecule has 156 valence electrons. The zero-order valence-corrected chi connectivity index (χ0v) is 21.1. The second kappa shape index (κ2) is 9.51. The first-order chi connectivity index (χ1) is 14.9. The fraction of sp³-hybridized carbons (Fsp3) is 0.0833. The number of hydrogen-bond donors (Lipinski definition) is 0. The number of hydrogen-bond acceptors (Lipinski definition) is 4. The monoisotopic (exact) mass is 603 g/mol. The second-order valence-electron chi connectivity index (χ2n) is 6.88. The third kappa shape index (κ3) is 5.17. The summed E-state index contributed by atoms with van der Waals surface area (Å²) in [5.74, 6) is 0.494. The van der Waals surface area contributed by atoms with E-state index in [9.17, 15) is 4.79 Å². The molecule has 1 aliphatic heterocycles. The van der Waals surface area contributed by atoms with Gasteiger partial charge < -0.3 is 9.47 Å². The number of carbonyl (C=O) groups is 1. The first-order valence-corrected chi connectivity index (χ1v) is 11.7. The van der Waals surface area contributed by atoms with E-state index in [1.165, 1.54) is 5.56 Å². The van der Waals surface area contributed by atoms with Gasteiger partial charge in [0.1, 0.15) is 12.4 Å². The van der Waals surface area contributed by atoms with E-state index in [2.05, 4.69) is 65.8 Å². The summed E-state index contributed by atoms with van der Waals surface area (Å²) in [4.78, 5) is 16.7. The molecule has 7 heteroatoms. The first-order valence-electron chi connectivity index (χ1n) is 9.35. The number of halogens is 3. The van der Waals surface area contributed by atoms with E-state index in [4.69, 9.17) is 9.47 Å². The summed E-state index contributed by atoms with van der Waals surface area (Å²) in [6.45, 7) is 2.51. The summed E-state index contributed by atoms with van der Waals surface area (Å²) in [7, 11) is 0. The number of ether oxygens (including phenoxy) is 2. The van der Waals surface area contributed by atoms with Gasteiger partial charge >= 0.3 is 5.97 Å². The van der Waals surface area contributed by atoms with Gasteiger partial charge in [-0.3, -0.25) is 0 Å². The topological polar surface area (TPSA) is 47.9 Å². The molecule has 0 N–H and O–H groups in total. The maximum absolute atomic E-state index is 12.3. The standard InChI is InChI=1S/C24H16Br3NO3/c1-14-5-2-3-6-17(14)13-30-22-19(26)9-15(10-20(22)27)11-21-24(29)31-23(28-21)16-7-4-8-18(25)12-16/h2-12H,13H2,1H3/b21-11-. The maximum Gasteiger partial charge on any atom is 0.363 e. The van der Waals surface area contributed by atoms with Gasteiger partial charge in [0.05, 0.1) is 8.95 Å². The van der Waals surface area contributed by atoms with Crippen molar-refractivity contribution in [2.24, 2.45) is 4.99 Å². The molecule has 0 radical (unpaired) electrons. The Hall–Kier alpha value is -2.22. The summed E-state index contributed by atoms with van der Waals surface area (Å²) in [6, 6.07) is 19.3. The van der Waals surface area contributed by atoms with Crippen LogP contribution in [0.2, 0.25) is 0 Å². The molecule has 3 aromatic carbocycles. The third-order valence-corrected chi connectivity index (χ3v) is 6.32. The van der Waals surface area contributed by atoms with E-state index in [0.717, 1.165) is 30.1 Å². The number of aryl methyl sites for hydroxylation is 1. The molecule has 0 saturated carbocycles. The van der Waals surface area contributed by atoms with Gasteiger partial charge in [-0.15, -0.1) is 0 Å². The molecule has 1 aliphatic rings. The van der Waals surface area contributed by atoms with Gasteiger partial charge in [0.25, 0.3) is 0 Å². The average molecular weight is 606 g/mol. The summed E-state index contributed by atoms with van der Waals surface area (Å²) < 4.78 is 13.8. The Kier molecular flexibility index (Phi) is 6.74. The lowest BCUT2D eigenvalue weighted by Crippen LogP contribution is -2.05. The van der Waals surface area contributed by atoms with Crippen LogP contribution in [0.1, 0.15) is 22.3 Å². The molecule has 31 heavy (non-hydrogen) atoms. The van der Waals surface area contributed by atoms with E-state index in [0.29, 0.717) is 12.4 Å². The van der Waals surface area contributed by atoms with Crippen molar-refractivity contribution in [3.63, 3.8) is 0 Å². The van der Waals surface area contributed by atoms with Gasteiger partial charge in [0, 0.05) is 10.0 Å². The Labute approximate surface area is 205 Å². The van der Waals surface area contributed by atoms with Gasteiger partial charge in [-0.25, -0.2) is 9.79 Å². The highest BCUT2D eigenvalue weighted by atomic mass is 79.9. The number of rotatable bonds is 5. The summed E-state index contributed by atoms with van der Waals surface area (Å²) in [5.41, 5.74) is 4.05. The van der Waals surface area contributed by atoms with Gasteiger partial charge in [0.15, 0.2) is 5.70 Å². The molecular formula is C24H16Br3NO3. The molecule has 0 aromatic heterocycles. The molecule has 0 aliphatic carbocycles. The van der Waals surface area contributed by atoms with Gasteiger partial charge in [-0.2, -0.15) is 0 Å². The van der Waals surface area contributed by atoms with Crippen LogP contribution in [0, 0.1) is 6.92 Å². The Bertz CT molecular complexity index is 1210. The fourth-order valence-corrected chi connectivity index (χ4v) is 4.88. The fourth-order valence-electron chi connectivity index (χ4n) is 3.03. The highest BCUT2D eigenvalue weighted by molar-refractivity contribution is 9.11. The van der Waals surface area contributed by atoms with Gasteiger partial charge in [-0.1, -0.05) is 46.3 Å². The van der Waals surface area contributed by atoms with E-state index >= 15 is 0 Å². The summed E-state index contributed by atoms with van der Waals surface area (Å²) in [6.07, 6.45) is 1.69. The predicted molar refractivity (Wildman–Crippen MR) is 132 cm³/mol. The first kappa shape index (κ1) is 22.0. The van der Waals surface area contributed by atoms with Crippen LogP contribution in [0.4, 0.5) is 0 Å². The minimum atomic E-state index is -0.484. The molecule has 4 rings (SSSR count). The maximum atomic E-state index is 12.3. The summed E-state index contributed by atoms with van der Waals surface area (Å²) in [5, 5.41) is 0. The number of carbonyl (C=O) groups excluding carboxylic acids is 1. The van der Waals surface area contributed by atoms with Gasteiger partial charge in [0.2, 0.25) is 5.90 Å². The highest BCUT2D eigenvalue weighted by Crippen LogP contribution is 2.36. The quantitative estimate of drug-likeness (QED) is 0.228. The van der Waals surface area contributed by atoms with Crippen LogP contribution < -0.4 is 4.74 Å². The number of benzene rings is 3. The molecule has 0 spiro atoms. The third-order valence-electron chi connectivity index (χ3n) is 4.65. The lowest BCUT2D eigenvalue weighted by molar-refractivity contribution is -0.129. The molecular weight excluding hydrogens is 590 g/mol. The molecule has 4 nitrogen and oxygen atoms in total. The Morgan fingerprint density at radius 1 is 1.00 bits per heavy atom. The Balaban J connectivity index is 1.57. The van der Waals surface area contributed by atoms with Crippen LogP contribution in [0.15, 0.2) is 84.8 Å². The molecule has 1 heterocycles. The van der Waals surface area contributed by atoms with Crippen molar-refractivity contribution in [3.05, 3.63) is 102 Å². The minimum Gasteiger partial charge on any atom is -0.487 e. The highest BCUT2D eigenvalue weighted by Gasteiger charge is 2.24. The van der Waals surface area contributed by atoms with Crippen molar-refractivity contribution in [3.8, 4) is 5.75 Å². The van der Waals surface area contributed by atoms with Crippen LogP contribution in [0.5, 0.6) is 5.75 Å². The molecule has 0 amide bonds. The van der Waals surface area contributed by atoms with E-state index in [-0.39, 0.29) is 11.6 Å². The van der Waals surface area contributed by atoms with Crippen molar-refractivity contribution in [2.45, 2.75) is 13.5 Å². The molecule has 0 unspecified atom stereocenters. The molecule has 0 saturated heterocycles. The lowest BCUT2D eigenvalue weighted by atomic mass is 10.1. The van der Waals surface area contributed by atoms with Crippen molar-refractivity contribution in [2.75, 3.05) is 0 Å². The predicted octanol–water partition coefficient (Wildman–Crippen LogP) is 7.21. The number of aliphatic imine (C=N–C) groups is 1. The zero-order chi connectivity index (χ0) is 22.0. The number of cyclic esters (lactones) is 1. The molecule has 0 fully saturated rings. The zero-order valence-electron chi connectivity index (χ0n) is 16.4. The van der Waals surface area contributed by atoms with Crippen molar-refractivity contribution in [1.29, 1.82) is 0 Å². The van der Waals surface area contributed by atoms with Crippen LogP contribution in [-0.2, 0) is 16.1 Å². The number of nitrogens with zero attached hydrogens (tertiary/aromatic N) is 1. The molecule has 3 aromatic rings. The van der Waals surface area contributed by atoms with Crippen LogP contribution in [-0.4, -0.2) is 11.9 Å².